The molecule has 0 fully saturated rings. The fraction of sp³-hybridized carbons (Fsp3) is 0. The molecule has 0 aliphatic carbocycles. The maximum Gasteiger partial charge on any atom is 0.211 e. The Balaban J connectivity index is 2.19. The van der Waals surface area contributed by atoms with Gasteiger partial charge >= 0.3 is 0 Å². The normalized spacial score (nSPS) is 11.0. The van der Waals surface area contributed by atoms with Crippen LogP contribution in [0, 0.1) is 0 Å². The highest BCUT2D eigenvalue weighted by atomic mass is 79.9. The summed E-state index contributed by atoms with van der Waals surface area (Å²) in [4.78, 5) is 4.49. The Morgan fingerprint density at radius 3 is 2.87 bits per heavy atom. The van der Waals surface area contributed by atoms with Gasteiger partial charge in [0.1, 0.15) is 0 Å². The van der Waals surface area contributed by atoms with Crippen LogP contribution in [0.4, 0.5) is 0 Å². The number of hydrogen-bond acceptors (Lipinski definition) is 3. The summed E-state index contributed by atoms with van der Waals surface area (Å²) >= 11 is 5.00. The van der Waals surface area contributed by atoms with Crippen molar-refractivity contribution in [3.63, 3.8) is 0 Å². The standard InChI is InChI=1S/C10H6BrN3S/c11-7-5-12-14(6-7)10-13-8-3-1-2-4-9(8)15-10/h1-6H. The first-order chi connectivity index (χ1) is 7.33. The lowest BCUT2D eigenvalue weighted by Gasteiger charge is -1.90. The van der Waals surface area contributed by atoms with Crippen molar-refractivity contribution in [3.8, 4) is 5.13 Å². The smallest absolute Gasteiger partial charge is 0.211 e. The van der Waals surface area contributed by atoms with Gasteiger partial charge in [-0.3, -0.25) is 0 Å². The molecule has 1 aromatic carbocycles. The predicted octanol–water partition coefficient (Wildman–Crippen LogP) is 3.24. The van der Waals surface area contributed by atoms with E-state index in [4.69, 9.17) is 0 Å². The number of aromatic nitrogens is 3. The van der Waals surface area contributed by atoms with Crippen LogP contribution >= 0.6 is 27.3 Å². The number of rotatable bonds is 1. The number of fused-ring (bicyclic) bond motifs is 1. The van der Waals surface area contributed by atoms with Gasteiger partial charge in [0.25, 0.3) is 0 Å². The van der Waals surface area contributed by atoms with Crippen molar-refractivity contribution in [3.05, 3.63) is 41.1 Å². The molecule has 3 nitrogen and oxygen atoms in total. The van der Waals surface area contributed by atoms with E-state index in [1.807, 2.05) is 24.4 Å². The molecule has 74 valence electrons. The largest absolute Gasteiger partial charge is 0.218 e. The van der Waals surface area contributed by atoms with E-state index in [2.05, 4.69) is 32.1 Å². The highest BCUT2D eigenvalue weighted by Gasteiger charge is 2.05. The third-order valence-electron chi connectivity index (χ3n) is 2.03. The molecule has 0 N–H and O–H groups in total. The molecule has 3 aromatic rings. The van der Waals surface area contributed by atoms with Crippen LogP contribution in [0.25, 0.3) is 15.3 Å². The number of halogens is 1. The van der Waals surface area contributed by atoms with Crippen molar-refractivity contribution in [2.45, 2.75) is 0 Å². The molecule has 0 unspecified atom stereocenters. The van der Waals surface area contributed by atoms with E-state index in [0.717, 1.165) is 15.1 Å². The molecule has 0 spiro atoms. The molecule has 2 heterocycles. The van der Waals surface area contributed by atoms with E-state index in [1.165, 1.54) is 4.70 Å². The maximum atomic E-state index is 4.49. The fourth-order valence-corrected chi connectivity index (χ4v) is 2.55. The van der Waals surface area contributed by atoms with Crippen LogP contribution in [-0.2, 0) is 0 Å². The molecule has 0 saturated carbocycles. The summed E-state index contributed by atoms with van der Waals surface area (Å²) in [6, 6.07) is 8.08. The molecule has 2 aromatic heterocycles. The first kappa shape index (κ1) is 9.06. The summed E-state index contributed by atoms with van der Waals surface area (Å²) in [5.74, 6) is 0. The summed E-state index contributed by atoms with van der Waals surface area (Å²) in [5, 5.41) is 5.09. The molecular formula is C10H6BrN3S. The summed E-state index contributed by atoms with van der Waals surface area (Å²) in [7, 11) is 0. The second-order valence-corrected chi connectivity index (χ2v) is 4.99. The molecule has 0 saturated heterocycles. The summed E-state index contributed by atoms with van der Waals surface area (Å²) in [6.07, 6.45) is 3.66. The van der Waals surface area contributed by atoms with E-state index in [0.29, 0.717) is 0 Å². The Morgan fingerprint density at radius 1 is 1.27 bits per heavy atom. The average molecular weight is 280 g/mol. The van der Waals surface area contributed by atoms with E-state index >= 15 is 0 Å². The third-order valence-corrected chi connectivity index (χ3v) is 3.47. The lowest BCUT2D eigenvalue weighted by atomic mass is 10.3. The summed E-state index contributed by atoms with van der Waals surface area (Å²) in [6.45, 7) is 0. The van der Waals surface area contributed by atoms with E-state index in [9.17, 15) is 0 Å². The van der Waals surface area contributed by atoms with Crippen molar-refractivity contribution in [1.29, 1.82) is 0 Å². The Morgan fingerprint density at radius 2 is 2.13 bits per heavy atom. The number of nitrogens with zero attached hydrogens (tertiary/aromatic N) is 3. The molecule has 0 radical (unpaired) electrons. The lowest BCUT2D eigenvalue weighted by Crippen LogP contribution is -1.91. The molecule has 3 rings (SSSR count). The van der Waals surface area contributed by atoms with Crippen LogP contribution in [0.2, 0.25) is 0 Å². The Labute approximate surface area is 98.5 Å². The van der Waals surface area contributed by atoms with Gasteiger partial charge in [-0.05, 0) is 28.1 Å². The quantitative estimate of drug-likeness (QED) is 0.685. The third kappa shape index (κ3) is 1.57. The van der Waals surface area contributed by atoms with Crippen molar-refractivity contribution < 1.29 is 0 Å². The van der Waals surface area contributed by atoms with Crippen LogP contribution in [0.15, 0.2) is 41.1 Å². The first-order valence-corrected chi connectivity index (χ1v) is 6.00. The van der Waals surface area contributed by atoms with Gasteiger partial charge in [-0.1, -0.05) is 23.5 Å². The molecule has 0 amide bonds. The van der Waals surface area contributed by atoms with Crippen LogP contribution < -0.4 is 0 Å². The minimum Gasteiger partial charge on any atom is -0.218 e. The van der Waals surface area contributed by atoms with E-state index in [1.54, 1.807) is 22.2 Å². The second-order valence-electron chi connectivity index (χ2n) is 3.07. The zero-order chi connectivity index (χ0) is 10.3. The van der Waals surface area contributed by atoms with Crippen LogP contribution in [-0.4, -0.2) is 14.8 Å². The Kier molecular flexibility index (Phi) is 2.07. The number of thiazole rings is 1. The second kappa shape index (κ2) is 3.43. The number of benzene rings is 1. The molecule has 0 atom stereocenters. The van der Waals surface area contributed by atoms with Gasteiger partial charge in [0, 0.05) is 6.20 Å². The number of hydrogen-bond donors (Lipinski definition) is 0. The number of para-hydroxylation sites is 1. The van der Waals surface area contributed by atoms with Gasteiger partial charge in [-0.15, -0.1) is 0 Å². The SMILES string of the molecule is Brc1cnn(-c2nc3ccccc3s2)c1. The zero-order valence-corrected chi connectivity index (χ0v) is 9.99. The highest BCUT2D eigenvalue weighted by Crippen LogP contribution is 2.24. The molecule has 0 aliphatic rings. The van der Waals surface area contributed by atoms with Gasteiger partial charge in [0.05, 0.1) is 20.9 Å². The molecule has 5 heteroatoms. The van der Waals surface area contributed by atoms with E-state index < -0.39 is 0 Å². The summed E-state index contributed by atoms with van der Waals surface area (Å²) < 4.78 is 3.91. The fourth-order valence-electron chi connectivity index (χ4n) is 1.36. The Bertz CT molecular complexity index is 581. The van der Waals surface area contributed by atoms with Gasteiger partial charge in [0.2, 0.25) is 5.13 Å². The predicted molar refractivity (Wildman–Crippen MR) is 64.4 cm³/mol. The first-order valence-electron chi connectivity index (χ1n) is 4.39. The molecule has 0 aliphatic heterocycles. The van der Waals surface area contributed by atoms with Crippen molar-refractivity contribution >= 4 is 37.5 Å². The van der Waals surface area contributed by atoms with Gasteiger partial charge in [0.15, 0.2) is 0 Å². The maximum absolute atomic E-state index is 4.49. The van der Waals surface area contributed by atoms with Crippen LogP contribution in [0.1, 0.15) is 0 Å². The average Bonchev–Trinajstić information content (AvgIpc) is 2.82. The Hall–Kier alpha value is -1.20. The lowest BCUT2D eigenvalue weighted by molar-refractivity contribution is 0.873. The monoisotopic (exact) mass is 279 g/mol. The van der Waals surface area contributed by atoms with Gasteiger partial charge in [-0.2, -0.15) is 5.10 Å². The van der Waals surface area contributed by atoms with Crippen molar-refractivity contribution in [2.24, 2.45) is 0 Å². The molecular weight excluding hydrogens is 274 g/mol. The minimum absolute atomic E-state index is 0.891. The minimum atomic E-state index is 0.891. The summed E-state index contributed by atoms with van der Waals surface area (Å²) in [5.41, 5.74) is 1.02. The van der Waals surface area contributed by atoms with Crippen LogP contribution in [0.3, 0.4) is 0 Å². The topological polar surface area (TPSA) is 30.7 Å². The van der Waals surface area contributed by atoms with Gasteiger partial charge < -0.3 is 0 Å². The highest BCUT2D eigenvalue weighted by molar-refractivity contribution is 9.10. The zero-order valence-electron chi connectivity index (χ0n) is 7.59. The van der Waals surface area contributed by atoms with Crippen molar-refractivity contribution in [2.75, 3.05) is 0 Å². The van der Waals surface area contributed by atoms with Crippen molar-refractivity contribution in [1.82, 2.24) is 14.8 Å². The van der Waals surface area contributed by atoms with Gasteiger partial charge in [-0.25, -0.2) is 9.67 Å². The molecule has 0 bridgehead atoms. The van der Waals surface area contributed by atoms with E-state index in [-0.39, 0.29) is 0 Å². The van der Waals surface area contributed by atoms with Crippen LogP contribution in [0.5, 0.6) is 0 Å². The molecule has 15 heavy (non-hydrogen) atoms.